The number of nitrogens with zero attached hydrogens (tertiary/aromatic N) is 4. The van der Waals surface area contributed by atoms with Crippen LogP contribution in [0.15, 0.2) is 45.6 Å². The van der Waals surface area contributed by atoms with E-state index in [1.54, 1.807) is 18.5 Å². The van der Waals surface area contributed by atoms with Crippen molar-refractivity contribution in [3.63, 3.8) is 0 Å². The minimum Gasteiger partial charge on any atom is -0.451 e. The largest absolute Gasteiger partial charge is 0.451 e. The minimum absolute atomic E-state index is 0.0776. The molecule has 0 saturated heterocycles. The van der Waals surface area contributed by atoms with Gasteiger partial charge in [0.2, 0.25) is 17.5 Å². The minimum atomic E-state index is -0.341. The van der Waals surface area contributed by atoms with E-state index in [0.717, 1.165) is 16.5 Å². The molecular weight excluding hydrogens is 334 g/mol. The van der Waals surface area contributed by atoms with Gasteiger partial charge in [0.05, 0.1) is 6.54 Å². The van der Waals surface area contributed by atoms with Crippen LogP contribution in [0.2, 0.25) is 0 Å². The molecule has 1 aromatic carbocycles. The van der Waals surface area contributed by atoms with E-state index in [0.29, 0.717) is 11.4 Å². The first-order chi connectivity index (χ1) is 12.6. The topological polar surface area (TPSA) is 107 Å². The van der Waals surface area contributed by atoms with Gasteiger partial charge in [-0.15, -0.1) is 0 Å². The fourth-order valence-electron chi connectivity index (χ4n) is 2.62. The third-order valence-corrected chi connectivity index (χ3v) is 3.93. The van der Waals surface area contributed by atoms with Gasteiger partial charge in [-0.2, -0.15) is 4.98 Å². The van der Waals surface area contributed by atoms with E-state index in [9.17, 15) is 4.79 Å². The summed E-state index contributed by atoms with van der Waals surface area (Å²) in [5.74, 6) is 0.816. The fraction of sp³-hybridized carbons (Fsp3) is 0.167. The van der Waals surface area contributed by atoms with Crippen molar-refractivity contribution in [3.8, 4) is 11.6 Å². The van der Waals surface area contributed by atoms with Crippen LogP contribution in [0.25, 0.3) is 22.6 Å². The lowest BCUT2D eigenvalue weighted by Crippen LogP contribution is -2.23. The Bertz CT molecular complexity index is 1080. The van der Waals surface area contributed by atoms with Crippen LogP contribution in [0.3, 0.4) is 0 Å². The summed E-state index contributed by atoms with van der Waals surface area (Å²) in [6.07, 6.45) is 3.18. The predicted molar refractivity (Wildman–Crippen MR) is 92.2 cm³/mol. The van der Waals surface area contributed by atoms with Gasteiger partial charge < -0.3 is 14.3 Å². The van der Waals surface area contributed by atoms with Crippen LogP contribution in [0.1, 0.15) is 27.6 Å². The summed E-state index contributed by atoms with van der Waals surface area (Å²) in [5, 5.41) is 7.46. The van der Waals surface area contributed by atoms with E-state index in [-0.39, 0.29) is 29.9 Å². The van der Waals surface area contributed by atoms with E-state index < -0.39 is 0 Å². The monoisotopic (exact) mass is 349 g/mol. The van der Waals surface area contributed by atoms with Gasteiger partial charge in [0.15, 0.2) is 5.76 Å². The normalized spacial score (nSPS) is 11.0. The number of furan rings is 1. The standard InChI is InChI=1S/C18H15N5O3/c1-10-4-5-12-11(2)15(25-13(12)8-10)18(24)21-9-14-22-17(23-26-14)16-19-6-3-7-20-16/h3-8H,9H2,1-2H3,(H,21,24). The lowest BCUT2D eigenvalue weighted by atomic mass is 10.1. The van der Waals surface area contributed by atoms with Crippen LogP contribution in [0.5, 0.6) is 0 Å². The molecule has 0 fully saturated rings. The maximum atomic E-state index is 12.5. The molecule has 0 spiro atoms. The van der Waals surface area contributed by atoms with Gasteiger partial charge in [0.25, 0.3) is 5.91 Å². The highest BCUT2D eigenvalue weighted by Crippen LogP contribution is 2.26. The predicted octanol–water partition coefficient (Wildman–Crippen LogP) is 2.82. The Labute approximate surface area is 148 Å². The van der Waals surface area contributed by atoms with Gasteiger partial charge in [-0.3, -0.25) is 4.79 Å². The molecule has 3 heterocycles. The molecule has 0 aliphatic heterocycles. The summed E-state index contributed by atoms with van der Waals surface area (Å²) in [6, 6.07) is 7.54. The summed E-state index contributed by atoms with van der Waals surface area (Å²) in [6.45, 7) is 3.91. The van der Waals surface area contributed by atoms with Crippen molar-refractivity contribution < 1.29 is 13.7 Å². The van der Waals surface area contributed by atoms with Gasteiger partial charge in [-0.25, -0.2) is 9.97 Å². The van der Waals surface area contributed by atoms with Gasteiger partial charge in [-0.1, -0.05) is 17.3 Å². The third kappa shape index (κ3) is 2.92. The second kappa shape index (κ2) is 6.40. The number of hydrogen-bond acceptors (Lipinski definition) is 7. The van der Waals surface area contributed by atoms with Crippen LogP contribution < -0.4 is 5.32 Å². The van der Waals surface area contributed by atoms with Crippen LogP contribution >= 0.6 is 0 Å². The molecule has 0 aliphatic rings. The maximum Gasteiger partial charge on any atom is 0.287 e. The first-order valence-corrected chi connectivity index (χ1v) is 8.00. The molecule has 0 radical (unpaired) electrons. The molecular formula is C18H15N5O3. The average Bonchev–Trinajstić information content (AvgIpc) is 3.25. The Hall–Kier alpha value is -3.55. The Morgan fingerprint density at radius 1 is 1.15 bits per heavy atom. The Morgan fingerprint density at radius 2 is 1.96 bits per heavy atom. The van der Waals surface area contributed by atoms with Crippen molar-refractivity contribution >= 4 is 16.9 Å². The van der Waals surface area contributed by atoms with E-state index in [1.807, 2.05) is 32.0 Å². The second-order valence-corrected chi connectivity index (χ2v) is 5.82. The molecule has 8 heteroatoms. The van der Waals surface area contributed by atoms with Gasteiger partial charge >= 0.3 is 0 Å². The Morgan fingerprint density at radius 3 is 2.77 bits per heavy atom. The number of hydrogen-bond donors (Lipinski definition) is 1. The van der Waals surface area contributed by atoms with Crippen molar-refractivity contribution in [2.24, 2.45) is 0 Å². The molecule has 1 N–H and O–H groups in total. The highest BCUT2D eigenvalue weighted by Gasteiger charge is 2.18. The molecule has 0 atom stereocenters. The van der Waals surface area contributed by atoms with Crippen molar-refractivity contribution in [2.45, 2.75) is 20.4 Å². The maximum absolute atomic E-state index is 12.5. The first-order valence-electron chi connectivity index (χ1n) is 8.00. The van der Waals surface area contributed by atoms with E-state index in [1.165, 1.54) is 0 Å². The zero-order chi connectivity index (χ0) is 18.1. The number of amides is 1. The average molecular weight is 349 g/mol. The van der Waals surface area contributed by atoms with Gasteiger partial charge in [0, 0.05) is 23.3 Å². The van der Waals surface area contributed by atoms with Crippen molar-refractivity contribution in [1.29, 1.82) is 0 Å². The second-order valence-electron chi connectivity index (χ2n) is 5.82. The quantitative estimate of drug-likeness (QED) is 0.603. The van der Waals surface area contributed by atoms with E-state index >= 15 is 0 Å². The Kier molecular flexibility index (Phi) is 3.92. The molecule has 130 valence electrons. The molecule has 0 unspecified atom stereocenters. The summed E-state index contributed by atoms with van der Waals surface area (Å²) >= 11 is 0. The molecule has 1 amide bonds. The van der Waals surface area contributed by atoms with Crippen molar-refractivity contribution in [2.75, 3.05) is 0 Å². The molecule has 4 aromatic rings. The van der Waals surface area contributed by atoms with Crippen molar-refractivity contribution in [1.82, 2.24) is 25.4 Å². The van der Waals surface area contributed by atoms with Crippen molar-refractivity contribution in [3.05, 3.63) is 59.4 Å². The number of carbonyl (C=O) groups is 1. The number of fused-ring (bicyclic) bond motifs is 1. The van der Waals surface area contributed by atoms with E-state index in [4.69, 9.17) is 8.94 Å². The Balaban J connectivity index is 1.49. The zero-order valence-electron chi connectivity index (χ0n) is 14.2. The SMILES string of the molecule is Cc1ccc2c(C)c(C(=O)NCc3nc(-c4ncccn4)no3)oc2c1. The smallest absolute Gasteiger partial charge is 0.287 e. The molecule has 3 aromatic heterocycles. The lowest BCUT2D eigenvalue weighted by Gasteiger charge is -1.99. The fourth-order valence-corrected chi connectivity index (χ4v) is 2.62. The molecule has 0 bridgehead atoms. The number of aromatic nitrogens is 4. The van der Waals surface area contributed by atoms with Gasteiger partial charge in [0.1, 0.15) is 5.58 Å². The number of aryl methyl sites for hydroxylation is 2. The summed E-state index contributed by atoms with van der Waals surface area (Å²) < 4.78 is 10.8. The summed E-state index contributed by atoms with van der Waals surface area (Å²) in [4.78, 5) is 24.7. The summed E-state index contributed by atoms with van der Waals surface area (Å²) in [5.41, 5.74) is 2.55. The molecule has 0 saturated carbocycles. The molecule has 26 heavy (non-hydrogen) atoms. The molecule has 4 rings (SSSR count). The van der Waals surface area contributed by atoms with Crippen LogP contribution in [0.4, 0.5) is 0 Å². The van der Waals surface area contributed by atoms with Gasteiger partial charge in [-0.05, 0) is 31.5 Å². The number of benzene rings is 1. The van der Waals surface area contributed by atoms with E-state index in [2.05, 4.69) is 25.4 Å². The first kappa shape index (κ1) is 15.9. The number of rotatable bonds is 4. The lowest BCUT2D eigenvalue weighted by molar-refractivity contribution is 0.0920. The summed E-state index contributed by atoms with van der Waals surface area (Å²) in [7, 11) is 0. The molecule has 8 nitrogen and oxygen atoms in total. The highest BCUT2D eigenvalue weighted by molar-refractivity contribution is 5.98. The van der Waals surface area contributed by atoms with Crippen LogP contribution in [-0.2, 0) is 6.54 Å². The number of nitrogens with one attached hydrogen (secondary N) is 1. The highest BCUT2D eigenvalue weighted by atomic mass is 16.5. The zero-order valence-corrected chi connectivity index (χ0v) is 14.2. The number of carbonyl (C=O) groups excluding carboxylic acids is 1. The molecule has 0 aliphatic carbocycles. The van der Waals surface area contributed by atoms with Crippen LogP contribution in [0, 0.1) is 13.8 Å². The van der Waals surface area contributed by atoms with Crippen LogP contribution in [-0.4, -0.2) is 26.0 Å². The third-order valence-electron chi connectivity index (χ3n) is 3.93.